The highest BCUT2D eigenvalue weighted by molar-refractivity contribution is 9.11. The third-order valence-corrected chi connectivity index (χ3v) is 22.4. The lowest BCUT2D eigenvalue weighted by Crippen LogP contribution is -2.54. The number of rotatable bonds is 30. The van der Waals surface area contributed by atoms with Crippen LogP contribution in [0.3, 0.4) is 0 Å². The standard InChI is InChI=1S/C68H60Br4Cl2N16O19S8/c69-49-25-35(26-50(70)59(49)91)33-77-85-61(93)57(79-43-17-9-41(73)10-18-43)63(95)87-89-67(112)83-47-15-7-39(55(31-47)116(103,104)105)3-1-37-5-13-45(29-53(37)114(97,98)99)81-65(110)75-21-23-109-24-22-76-66(111)82-46-14-6-38(54(30-46)115(100,101)102)2-4-40-8-16-48(32-56(40)117(106,107)108)84-68(113)90-88-64(96)58(80-44-19-11-42(74)12-20-44)62(94)86-78-34-36-27-51(71)60(92)52(72)28-36/h1-20,25-34,57-58,79-80,91-92H,21-24H2,(H,85,93)(H,86,94)(H,87,95)(H,88,96)(H2,75,81,110)(H2,76,82,111)(H2,83,89,112)(H2,84,90,113)(H,97,98,99)(H,100,101,102)(H,103,104,105)(H,106,107,108)/b3-1+,4-2+,77-33+,78-34+. The van der Waals surface area contributed by atoms with E-state index in [-0.39, 0.29) is 103 Å². The zero-order valence-corrected chi connectivity index (χ0v) is 73.1. The van der Waals surface area contributed by atoms with Gasteiger partial charge in [0.1, 0.15) is 31.1 Å². The molecule has 0 spiro atoms. The molecule has 0 bridgehead atoms. The van der Waals surface area contributed by atoms with E-state index >= 15 is 0 Å². The van der Waals surface area contributed by atoms with Gasteiger partial charge in [0.05, 0.1) is 43.5 Å². The van der Waals surface area contributed by atoms with Crippen molar-refractivity contribution >= 4 is 291 Å². The Kier molecular flexibility index (Phi) is 33.6. The number of benzene rings is 8. The second kappa shape index (κ2) is 42.3. The van der Waals surface area contributed by atoms with E-state index in [9.17, 15) is 81.3 Å². The molecule has 0 heterocycles. The summed E-state index contributed by atoms with van der Waals surface area (Å²) < 4.78 is 150. The number of hydrazone groups is 2. The Morgan fingerprint density at radius 3 is 0.932 bits per heavy atom. The summed E-state index contributed by atoms with van der Waals surface area (Å²) in [4.78, 5) is 51.0. The first kappa shape index (κ1) is 93.0. The number of halogens is 6. The van der Waals surface area contributed by atoms with Gasteiger partial charge in [-0.3, -0.25) is 59.1 Å². The molecule has 0 radical (unpaired) electrons. The van der Waals surface area contributed by atoms with Crippen LogP contribution >= 0.6 is 136 Å². The summed E-state index contributed by atoms with van der Waals surface area (Å²) in [6.45, 7) is 0.340. The van der Waals surface area contributed by atoms with E-state index in [2.05, 4.69) is 149 Å². The number of anilines is 6. The molecular weight excluding hydrogens is 1990 g/mol. The molecule has 0 saturated heterocycles. The Labute approximate surface area is 731 Å². The Hall–Kier alpha value is -9.48. The highest BCUT2D eigenvalue weighted by Gasteiger charge is 2.30. The molecule has 35 nitrogen and oxygen atoms in total. The van der Waals surface area contributed by atoms with Crippen LogP contribution in [0, 0.1) is 0 Å². The summed E-state index contributed by atoms with van der Waals surface area (Å²) in [5, 5.41) is 50.0. The molecule has 0 aliphatic rings. The number of phenolic OH excluding ortho intramolecular Hbond substituents is 2. The van der Waals surface area contributed by atoms with Crippen LogP contribution < -0.4 is 75.1 Å². The lowest BCUT2D eigenvalue weighted by molar-refractivity contribution is -0.132. The molecule has 8 rings (SSSR count). The lowest BCUT2D eigenvalue weighted by atomic mass is 10.1. The maximum atomic E-state index is 13.5. The number of hydrogen-bond donors (Lipinski definition) is 20. The summed E-state index contributed by atoms with van der Waals surface area (Å²) in [7, 11) is -20.0. The minimum atomic E-state index is -5.02. The fraction of sp³-hybridized carbons (Fsp3) is 0.0882. The van der Waals surface area contributed by atoms with Crippen LogP contribution in [0.1, 0.15) is 33.4 Å². The third kappa shape index (κ3) is 28.9. The highest BCUT2D eigenvalue weighted by atomic mass is 79.9. The first-order chi connectivity index (χ1) is 55.1. The summed E-state index contributed by atoms with van der Waals surface area (Å²) in [6, 6.07) is 29.1. The van der Waals surface area contributed by atoms with Crippen LogP contribution in [0.15, 0.2) is 193 Å². The molecule has 0 aromatic heterocycles. The summed E-state index contributed by atoms with van der Waals surface area (Å²) in [5.74, 6) is -3.99. The monoisotopic (exact) mass is 2050 g/mol. The fourth-order valence-electron chi connectivity index (χ4n) is 9.60. The molecule has 117 heavy (non-hydrogen) atoms. The van der Waals surface area contributed by atoms with Gasteiger partial charge in [0, 0.05) is 57.3 Å². The van der Waals surface area contributed by atoms with Crippen molar-refractivity contribution in [3.8, 4) is 11.5 Å². The Morgan fingerprint density at radius 2 is 0.658 bits per heavy atom. The van der Waals surface area contributed by atoms with Gasteiger partial charge < -0.3 is 57.5 Å². The number of ether oxygens (including phenoxy) is 1. The van der Waals surface area contributed by atoms with Gasteiger partial charge in [0.25, 0.3) is 64.1 Å². The zero-order chi connectivity index (χ0) is 85.7. The number of phenols is 2. The Morgan fingerprint density at radius 1 is 0.393 bits per heavy atom. The van der Waals surface area contributed by atoms with Gasteiger partial charge in [0.2, 0.25) is 0 Å². The van der Waals surface area contributed by atoms with Crippen molar-refractivity contribution in [2.75, 3.05) is 58.2 Å². The molecule has 4 amide bonds. The molecule has 2 atom stereocenters. The topological polar surface area (TPSA) is 529 Å². The van der Waals surface area contributed by atoms with Gasteiger partial charge in [-0.15, -0.1) is 0 Å². The molecule has 0 aliphatic heterocycles. The summed E-state index contributed by atoms with van der Waals surface area (Å²) in [6.07, 6.45) is 7.07. The van der Waals surface area contributed by atoms with Gasteiger partial charge in [-0.1, -0.05) is 71.8 Å². The van der Waals surface area contributed by atoms with Crippen LogP contribution in [0.4, 0.5) is 34.1 Å². The van der Waals surface area contributed by atoms with Crippen molar-refractivity contribution < 1.29 is 86.0 Å². The van der Waals surface area contributed by atoms with Gasteiger partial charge >= 0.3 is 0 Å². The van der Waals surface area contributed by atoms with E-state index in [4.69, 9.17) is 76.8 Å². The predicted molar refractivity (Wildman–Crippen MR) is 473 cm³/mol. The minimum Gasteiger partial charge on any atom is -0.506 e. The number of carbonyl (C=O) groups excluding carboxylic acids is 4. The highest BCUT2D eigenvalue weighted by Crippen LogP contribution is 2.35. The van der Waals surface area contributed by atoms with Crippen molar-refractivity contribution in [1.82, 2.24) is 43.2 Å². The van der Waals surface area contributed by atoms with E-state index < -0.39 is 95.8 Å². The van der Waals surface area contributed by atoms with Crippen LogP contribution in [0.25, 0.3) is 24.3 Å². The predicted octanol–water partition coefficient (Wildman–Crippen LogP) is 9.97. The van der Waals surface area contributed by atoms with Crippen molar-refractivity contribution in [3.63, 3.8) is 0 Å². The number of nitrogens with one attached hydrogen (secondary N) is 14. The van der Waals surface area contributed by atoms with E-state index in [1.807, 2.05) is 0 Å². The SMILES string of the molecule is O=C(N/N=C/c1cc(Br)c(O)c(Br)c1)C(Nc1ccc(Cl)cc1)C(=O)NNC(=S)Nc1ccc(/C=C/c2ccc(NC(=S)NCCOCCNC(=S)Nc3ccc(/C=C/c4ccc(NC(=S)NNC(=O)C(Nc5ccc(Cl)cc5)C(=O)N/N=C/c5cc(Br)c(O)c(Br)c5)cc4S(=O)(=O)O)c(S(=O)(=O)O)c3)cc2S(=O)(=O)O)c(S(=O)(=O)O)c1. The van der Waals surface area contributed by atoms with Crippen molar-refractivity contribution in [3.05, 3.63) is 207 Å². The molecule has 0 saturated carbocycles. The maximum absolute atomic E-state index is 13.5. The maximum Gasteiger partial charge on any atom is 0.295 e. The number of thiocarbonyl (C=S) groups is 4. The molecule has 20 N–H and O–H groups in total. The zero-order valence-electron chi connectivity index (χ0n) is 58.7. The van der Waals surface area contributed by atoms with Crippen molar-refractivity contribution in [1.29, 1.82) is 0 Å². The molecule has 0 aliphatic carbocycles. The van der Waals surface area contributed by atoms with Crippen LogP contribution in [-0.4, -0.2) is 157 Å². The first-order valence-corrected chi connectivity index (χ1v) is 43.7. The fourth-order valence-corrected chi connectivity index (χ4v) is 15.9. The number of aromatic hydroxyl groups is 2. The van der Waals surface area contributed by atoms with Crippen LogP contribution in [-0.2, 0) is 64.4 Å². The van der Waals surface area contributed by atoms with Gasteiger partial charge in [0.15, 0.2) is 32.5 Å². The lowest BCUT2D eigenvalue weighted by Gasteiger charge is -2.19. The molecule has 8 aromatic rings. The van der Waals surface area contributed by atoms with Gasteiger partial charge in [-0.2, -0.15) is 43.9 Å². The van der Waals surface area contributed by atoms with Gasteiger partial charge in [-0.05, 0) is 267 Å². The van der Waals surface area contributed by atoms with Crippen molar-refractivity contribution in [2.45, 2.75) is 31.7 Å². The third-order valence-electron chi connectivity index (χ3n) is 15.0. The molecule has 0 fully saturated rings. The second-order valence-corrected chi connectivity index (χ2v) is 34.9. The molecule has 8 aromatic carbocycles. The largest absolute Gasteiger partial charge is 0.506 e. The number of hydrogen-bond acceptors (Lipinski definition) is 23. The number of hydrazine groups is 2. The first-order valence-electron chi connectivity index (χ1n) is 32.4. The number of amides is 4. The van der Waals surface area contributed by atoms with E-state index in [0.29, 0.717) is 50.4 Å². The van der Waals surface area contributed by atoms with Gasteiger partial charge in [-0.25, -0.2) is 10.9 Å². The summed E-state index contributed by atoms with van der Waals surface area (Å²) in [5.41, 5.74) is 14.8. The molecule has 2 unspecified atom stereocenters. The molecular formula is C68H60Br4Cl2N16O19S8. The Bertz CT molecular complexity index is 5420. The minimum absolute atomic E-state index is 0.00948. The van der Waals surface area contributed by atoms with Crippen LogP contribution in [0.2, 0.25) is 10.0 Å². The smallest absolute Gasteiger partial charge is 0.295 e. The van der Waals surface area contributed by atoms with E-state index in [1.165, 1.54) is 134 Å². The van der Waals surface area contributed by atoms with Crippen LogP contribution in [0.5, 0.6) is 11.5 Å². The quantitative estimate of drug-likeness (QED) is 0.00378. The number of nitrogens with zero attached hydrogens (tertiary/aromatic N) is 2. The van der Waals surface area contributed by atoms with E-state index in [0.717, 1.165) is 48.6 Å². The average Bonchev–Trinajstić information content (AvgIpc) is 0.763. The second-order valence-electron chi connectivity index (χ2n) is 23.4. The number of carbonyl (C=O) groups is 4. The summed E-state index contributed by atoms with van der Waals surface area (Å²) >= 11 is 46.2. The molecule has 616 valence electrons. The average molecular weight is 2050 g/mol. The normalized spacial score (nSPS) is 12.3. The van der Waals surface area contributed by atoms with E-state index in [1.54, 1.807) is 0 Å². The van der Waals surface area contributed by atoms with Crippen molar-refractivity contribution in [2.24, 2.45) is 10.2 Å². The molecule has 49 heteroatoms. The Balaban J connectivity index is 0.789.